The third kappa shape index (κ3) is 3.51. The number of carbonyl (C=O) groups excluding carboxylic acids is 2. The normalized spacial score (nSPS) is 9.76. The van der Waals surface area contributed by atoms with E-state index in [1.165, 1.54) is 6.08 Å². The molecule has 0 saturated heterocycles. The van der Waals surface area contributed by atoms with Crippen molar-refractivity contribution in [3.63, 3.8) is 0 Å². The molecular formula is C21H14N2O2. The number of hydrogen-bond donors (Lipinski definition) is 0. The molecule has 0 aliphatic rings. The molecule has 0 heterocycles. The third-order valence-electron chi connectivity index (χ3n) is 3.88. The predicted molar refractivity (Wildman–Crippen MR) is 96.9 cm³/mol. The summed E-state index contributed by atoms with van der Waals surface area (Å²) in [7, 11) is 0. The fourth-order valence-electron chi connectivity index (χ4n) is 2.81. The van der Waals surface area contributed by atoms with Crippen molar-refractivity contribution < 1.29 is 9.59 Å². The molecule has 25 heavy (non-hydrogen) atoms. The Labute approximate surface area is 145 Å². The summed E-state index contributed by atoms with van der Waals surface area (Å²) < 4.78 is 0. The molecule has 0 bridgehead atoms. The maximum Gasteiger partial charge on any atom is 0.240 e. The molecule has 3 aromatic rings. The second-order valence-electron chi connectivity index (χ2n) is 5.34. The second-order valence-corrected chi connectivity index (χ2v) is 5.34. The van der Waals surface area contributed by atoms with Gasteiger partial charge in [-0.05, 0) is 16.7 Å². The average Bonchev–Trinajstić information content (AvgIpc) is 2.68. The van der Waals surface area contributed by atoms with Gasteiger partial charge in [0.25, 0.3) is 0 Å². The topological polar surface area (TPSA) is 58.9 Å². The van der Waals surface area contributed by atoms with Crippen molar-refractivity contribution in [1.29, 1.82) is 0 Å². The Morgan fingerprint density at radius 1 is 0.720 bits per heavy atom. The zero-order chi connectivity index (χ0) is 17.5. The van der Waals surface area contributed by atoms with Gasteiger partial charge in [-0.2, -0.15) is 4.99 Å². The van der Waals surface area contributed by atoms with Gasteiger partial charge in [-0.1, -0.05) is 72.8 Å². The van der Waals surface area contributed by atoms with Crippen molar-refractivity contribution in [2.24, 2.45) is 9.98 Å². The molecule has 0 aliphatic carbocycles. The summed E-state index contributed by atoms with van der Waals surface area (Å²) in [6.45, 7) is 0.110. The fourth-order valence-corrected chi connectivity index (χ4v) is 2.81. The third-order valence-corrected chi connectivity index (χ3v) is 3.88. The van der Waals surface area contributed by atoms with Gasteiger partial charge < -0.3 is 0 Å². The molecule has 0 N–H and O–H groups in total. The monoisotopic (exact) mass is 326 g/mol. The van der Waals surface area contributed by atoms with E-state index in [1.807, 2.05) is 72.8 Å². The van der Waals surface area contributed by atoms with E-state index in [0.29, 0.717) is 11.3 Å². The van der Waals surface area contributed by atoms with Crippen LogP contribution in [-0.4, -0.2) is 12.2 Å². The quantitative estimate of drug-likeness (QED) is 0.498. The number of rotatable bonds is 5. The van der Waals surface area contributed by atoms with Crippen LogP contribution in [0.15, 0.2) is 82.8 Å². The molecule has 0 aromatic heterocycles. The highest BCUT2D eigenvalue weighted by molar-refractivity contribution is 5.92. The second kappa shape index (κ2) is 7.80. The Bertz CT molecular complexity index is 970. The van der Waals surface area contributed by atoms with Gasteiger partial charge >= 0.3 is 0 Å². The van der Waals surface area contributed by atoms with Crippen LogP contribution in [0.5, 0.6) is 0 Å². The minimum Gasteiger partial charge on any atom is -0.211 e. The van der Waals surface area contributed by atoms with Crippen molar-refractivity contribution in [2.45, 2.75) is 6.54 Å². The van der Waals surface area contributed by atoms with Crippen molar-refractivity contribution in [3.05, 3.63) is 78.4 Å². The molecular weight excluding hydrogens is 312 g/mol. The van der Waals surface area contributed by atoms with Crippen molar-refractivity contribution >= 4 is 17.8 Å². The molecule has 4 heteroatoms. The molecule has 3 rings (SSSR count). The Kier molecular flexibility index (Phi) is 5.08. The first-order valence-corrected chi connectivity index (χ1v) is 7.73. The largest absolute Gasteiger partial charge is 0.240 e. The first-order chi connectivity index (χ1) is 12.3. The van der Waals surface area contributed by atoms with Crippen LogP contribution in [0.25, 0.3) is 22.3 Å². The first-order valence-electron chi connectivity index (χ1n) is 7.73. The van der Waals surface area contributed by atoms with Crippen LogP contribution in [-0.2, 0) is 16.1 Å². The van der Waals surface area contributed by atoms with Gasteiger partial charge in [-0.15, -0.1) is 0 Å². The van der Waals surface area contributed by atoms with E-state index in [9.17, 15) is 9.59 Å². The minimum atomic E-state index is 0.110. The summed E-state index contributed by atoms with van der Waals surface area (Å²) >= 11 is 0. The molecule has 0 amide bonds. The number of nitrogens with zero attached hydrogens (tertiary/aromatic N) is 2. The molecule has 0 spiro atoms. The van der Waals surface area contributed by atoms with Crippen LogP contribution in [0, 0.1) is 0 Å². The first kappa shape index (κ1) is 16.3. The van der Waals surface area contributed by atoms with Crippen LogP contribution in [0.4, 0.5) is 5.69 Å². The predicted octanol–water partition coefficient (Wildman–Crippen LogP) is 4.82. The Morgan fingerprint density at radius 2 is 1.36 bits per heavy atom. The van der Waals surface area contributed by atoms with Crippen LogP contribution < -0.4 is 0 Å². The van der Waals surface area contributed by atoms with Crippen LogP contribution >= 0.6 is 0 Å². The van der Waals surface area contributed by atoms with Gasteiger partial charge in [0, 0.05) is 11.1 Å². The Balaban J connectivity index is 2.35. The van der Waals surface area contributed by atoms with E-state index in [2.05, 4.69) is 9.98 Å². The molecule has 4 nitrogen and oxygen atoms in total. The van der Waals surface area contributed by atoms with Crippen molar-refractivity contribution in [3.8, 4) is 22.3 Å². The molecule has 0 aliphatic heterocycles. The zero-order valence-corrected chi connectivity index (χ0v) is 13.3. The Hall–Kier alpha value is -3.58. The maximum atomic E-state index is 11.0. The fraction of sp³-hybridized carbons (Fsp3) is 0.0476. The van der Waals surface area contributed by atoms with E-state index in [-0.39, 0.29) is 6.54 Å². The molecule has 120 valence electrons. The lowest BCUT2D eigenvalue weighted by Gasteiger charge is -2.15. The standard InChI is InChI=1S/C21H14N2O2/c24-14-22-13-18-11-12-19(16-7-3-1-4-8-16)20(21(18)23-15-25)17-9-5-2-6-10-17/h1-12H,13H2. The minimum absolute atomic E-state index is 0.110. The lowest BCUT2D eigenvalue weighted by molar-refractivity contribution is 0.563. The van der Waals surface area contributed by atoms with Crippen LogP contribution in [0.1, 0.15) is 5.56 Å². The van der Waals surface area contributed by atoms with E-state index in [0.717, 1.165) is 22.3 Å². The molecule has 3 aromatic carbocycles. The molecule has 0 fully saturated rings. The summed E-state index contributed by atoms with van der Waals surface area (Å²) in [5.74, 6) is 0. The number of isocyanates is 2. The highest BCUT2D eigenvalue weighted by Gasteiger charge is 2.16. The summed E-state index contributed by atoms with van der Waals surface area (Å²) in [5.41, 5.74) is 4.83. The summed E-state index contributed by atoms with van der Waals surface area (Å²) in [6, 6.07) is 23.3. The van der Waals surface area contributed by atoms with Crippen LogP contribution in [0.2, 0.25) is 0 Å². The van der Waals surface area contributed by atoms with Gasteiger partial charge in [0.05, 0.1) is 12.2 Å². The van der Waals surface area contributed by atoms with Gasteiger partial charge in [-0.25, -0.2) is 14.6 Å². The van der Waals surface area contributed by atoms with Gasteiger partial charge in [0.1, 0.15) is 0 Å². The van der Waals surface area contributed by atoms with Gasteiger partial charge in [-0.3, -0.25) is 0 Å². The lowest BCUT2D eigenvalue weighted by atomic mass is 9.91. The molecule has 0 unspecified atom stereocenters. The lowest BCUT2D eigenvalue weighted by Crippen LogP contribution is -1.92. The van der Waals surface area contributed by atoms with E-state index in [1.54, 1.807) is 6.08 Å². The SMILES string of the molecule is O=C=NCc1ccc(-c2ccccc2)c(-c2ccccc2)c1N=C=O. The van der Waals surface area contributed by atoms with Gasteiger partial charge in [0.2, 0.25) is 12.2 Å². The van der Waals surface area contributed by atoms with Crippen LogP contribution in [0.3, 0.4) is 0 Å². The average molecular weight is 326 g/mol. The van der Waals surface area contributed by atoms with Gasteiger partial charge in [0.15, 0.2) is 0 Å². The van der Waals surface area contributed by atoms with Crippen molar-refractivity contribution in [2.75, 3.05) is 0 Å². The Morgan fingerprint density at radius 3 is 1.96 bits per heavy atom. The highest BCUT2D eigenvalue weighted by atomic mass is 16.1. The van der Waals surface area contributed by atoms with E-state index >= 15 is 0 Å². The smallest absolute Gasteiger partial charge is 0.211 e. The molecule has 0 radical (unpaired) electrons. The molecule has 0 saturated carbocycles. The highest BCUT2D eigenvalue weighted by Crippen LogP contribution is 2.41. The van der Waals surface area contributed by atoms with E-state index < -0.39 is 0 Å². The molecule has 0 atom stereocenters. The summed E-state index contributed by atoms with van der Waals surface area (Å²) in [4.78, 5) is 29.1. The zero-order valence-electron chi connectivity index (χ0n) is 13.3. The number of benzene rings is 3. The van der Waals surface area contributed by atoms with Crippen molar-refractivity contribution in [1.82, 2.24) is 0 Å². The van der Waals surface area contributed by atoms with E-state index in [4.69, 9.17) is 0 Å². The number of aliphatic imine (C=N–C) groups is 2. The summed E-state index contributed by atoms with van der Waals surface area (Å²) in [6.07, 6.45) is 3.15. The summed E-state index contributed by atoms with van der Waals surface area (Å²) in [5, 5.41) is 0. The number of hydrogen-bond acceptors (Lipinski definition) is 4. The maximum absolute atomic E-state index is 11.0.